The van der Waals surface area contributed by atoms with Gasteiger partial charge in [0.1, 0.15) is 28.9 Å². The number of amides is 4. The van der Waals surface area contributed by atoms with Crippen LogP contribution >= 0.6 is 11.6 Å². The van der Waals surface area contributed by atoms with Crippen LogP contribution in [0.2, 0.25) is 5.02 Å². The monoisotopic (exact) mass is 1140 g/mol. The number of allylic oxidation sites excluding steroid dienone is 1. The molecule has 0 bridgehead atoms. The molecular formula is C60H65ClN10O9S. The molecule has 3 saturated heterocycles. The Bertz CT molecular complexity index is 3600. The molecule has 4 aromatic carbocycles. The number of nitrogens with zero attached hydrogens (tertiary/aromatic N) is 6. The van der Waals surface area contributed by atoms with Crippen LogP contribution in [0.4, 0.5) is 17.1 Å². The molecule has 4 N–H and O–H groups in total. The van der Waals surface area contributed by atoms with Crippen molar-refractivity contribution in [2.75, 3.05) is 69.1 Å². The molecule has 2 unspecified atom stereocenters. The normalized spacial score (nSPS) is 19.9. The van der Waals surface area contributed by atoms with E-state index in [1.54, 1.807) is 35.4 Å². The number of ether oxygens (including phenoxy) is 1. The summed E-state index contributed by atoms with van der Waals surface area (Å²) in [6.45, 7) is 11.5. The van der Waals surface area contributed by atoms with Gasteiger partial charge in [-0.15, -0.1) is 0 Å². The van der Waals surface area contributed by atoms with Gasteiger partial charge in [0.05, 0.1) is 21.6 Å². The number of rotatable bonds is 17. The molecule has 2 atom stereocenters. The molecule has 4 aliphatic heterocycles. The molecule has 0 radical (unpaired) electrons. The molecule has 3 fully saturated rings. The van der Waals surface area contributed by atoms with E-state index in [-0.39, 0.29) is 46.6 Å². The fourth-order valence-electron chi connectivity index (χ4n) is 12.1. The third kappa shape index (κ3) is 12.3. The molecule has 0 spiro atoms. The summed E-state index contributed by atoms with van der Waals surface area (Å²) in [5, 5.41) is 19.6. The Morgan fingerprint density at radius 3 is 2.54 bits per heavy atom. The number of sulfonamides is 1. The van der Waals surface area contributed by atoms with E-state index in [1.807, 2.05) is 30.3 Å². The number of piperidine rings is 2. The van der Waals surface area contributed by atoms with Crippen LogP contribution in [0.25, 0.3) is 16.6 Å². The number of fused-ring (bicyclic) bond motifs is 2. The molecule has 11 rings (SSSR count). The van der Waals surface area contributed by atoms with Crippen molar-refractivity contribution < 1.29 is 37.3 Å². The van der Waals surface area contributed by atoms with Crippen molar-refractivity contribution in [1.29, 1.82) is 0 Å². The average Bonchev–Trinajstić information content (AvgIpc) is 4.32. The van der Waals surface area contributed by atoms with Gasteiger partial charge < -0.3 is 29.7 Å². The average molecular weight is 1140 g/mol. The van der Waals surface area contributed by atoms with Crippen molar-refractivity contribution in [2.45, 2.75) is 82.7 Å². The molecule has 0 saturated carbocycles. The number of nitro benzene ring substituents is 1. The number of imide groups is 1. The van der Waals surface area contributed by atoms with E-state index in [1.165, 1.54) is 41.1 Å². The molecule has 422 valence electrons. The number of hydrogen-bond donors (Lipinski definition) is 4. The lowest BCUT2D eigenvalue weighted by molar-refractivity contribution is -0.384. The molecule has 6 aromatic rings. The Labute approximate surface area is 475 Å². The number of pyridine rings is 1. The van der Waals surface area contributed by atoms with Crippen molar-refractivity contribution in [2.24, 2.45) is 11.3 Å². The standard InChI is InChI=1S/C60H65ClN10O9S/c1-60(2)21-18-42(49(32-60)40-8-10-43(61)11-9-40)36-68-25-27-69(28-26-68)44-12-14-48(54(30-44)80-45-29-41-19-22-62-56(41)64-34-45)57(73)66-81(78,79)46-13-15-51(53(31-46)71(76)77)63-33-38-5-4-23-67(35-38)24-20-39-6-3-7-47-50(39)37-70(59(47)75)52-16-17-55(72)65-58(52)74/h3,6-15,19,22,29-31,34,38,52,63H,4-5,16-18,20-21,23-28,32-33,35-37H2,1-2H3,(H,62,64)(H,66,73)(H,65,72,74). The fraction of sp³-hybridized carbons (Fsp3) is 0.383. The van der Waals surface area contributed by atoms with E-state index in [0.29, 0.717) is 69.1 Å². The van der Waals surface area contributed by atoms with Gasteiger partial charge in [-0.25, -0.2) is 18.1 Å². The van der Waals surface area contributed by atoms with Gasteiger partial charge in [-0.2, -0.15) is 0 Å². The van der Waals surface area contributed by atoms with Crippen molar-refractivity contribution in [3.63, 3.8) is 0 Å². The number of piperazine rings is 1. The fourth-order valence-corrected chi connectivity index (χ4v) is 13.2. The summed E-state index contributed by atoms with van der Waals surface area (Å²) in [6.07, 6.45) is 9.33. The van der Waals surface area contributed by atoms with Gasteiger partial charge in [-0.3, -0.25) is 39.5 Å². The summed E-state index contributed by atoms with van der Waals surface area (Å²) in [5.74, 6) is -1.43. The first kappa shape index (κ1) is 55.3. The second-order valence-corrected chi connectivity index (χ2v) is 24.8. The number of aromatic nitrogens is 2. The maximum Gasteiger partial charge on any atom is 0.293 e. The molecule has 2 aromatic heterocycles. The van der Waals surface area contributed by atoms with Crippen LogP contribution in [0.3, 0.4) is 0 Å². The number of hydrogen-bond acceptors (Lipinski definition) is 14. The molecule has 19 nitrogen and oxygen atoms in total. The molecule has 5 aliphatic rings. The van der Waals surface area contributed by atoms with Crippen LogP contribution in [-0.4, -0.2) is 127 Å². The molecule has 6 heterocycles. The summed E-state index contributed by atoms with van der Waals surface area (Å²) in [6, 6.07) is 25.3. The maximum atomic E-state index is 14.2. The number of nitrogens with one attached hydrogen (secondary N) is 4. The first-order valence-electron chi connectivity index (χ1n) is 27.7. The highest BCUT2D eigenvalue weighted by Crippen LogP contribution is 2.44. The first-order valence-corrected chi connectivity index (χ1v) is 29.6. The van der Waals surface area contributed by atoms with Crippen LogP contribution in [0.15, 0.2) is 114 Å². The van der Waals surface area contributed by atoms with E-state index in [2.05, 4.69) is 66.0 Å². The van der Waals surface area contributed by atoms with Gasteiger partial charge in [0.15, 0.2) is 0 Å². The van der Waals surface area contributed by atoms with Gasteiger partial charge in [0, 0.05) is 105 Å². The Morgan fingerprint density at radius 1 is 0.938 bits per heavy atom. The van der Waals surface area contributed by atoms with Crippen LogP contribution in [-0.2, 0) is 32.6 Å². The van der Waals surface area contributed by atoms with Crippen LogP contribution in [0.5, 0.6) is 11.5 Å². The number of H-pyrrole nitrogens is 1. The summed E-state index contributed by atoms with van der Waals surface area (Å²) in [7, 11) is -4.65. The zero-order valence-corrected chi connectivity index (χ0v) is 46.9. The number of likely N-dealkylation sites (tertiary alicyclic amines) is 1. The minimum absolute atomic E-state index is 0.0643. The van der Waals surface area contributed by atoms with E-state index in [4.69, 9.17) is 16.3 Å². The lowest BCUT2D eigenvalue weighted by Crippen LogP contribution is -2.52. The highest BCUT2D eigenvalue weighted by Gasteiger charge is 2.40. The first-order chi connectivity index (χ1) is 38.9. The zero-order chi connectivity index (χ0) is 56.6. The number of carbonyl (C=O) groups is 4. The second kappa shape index (κ2) is 23.1. The quantitative estimate of drug-likeness (QED) is 0.0380. The number of aromatic amines is 1. The summed E-state index contributed by atoms with van der Waals surface area (Å²) in [5.41, 5.74) is 7.81. The predicted molar refractivity (Wildman–Crippen MR) is 309 cm³/mol. The van der Waals surface area contributed by atoms with E-state index < -0.39 is 43.4 Å². The second-order valence-electron chi connectivity index (χ2n) is 22.7. The lowest BCUT2D eigenvalue weighted by atomic mass is 9.72. The Kier molecular flexibility index (Phi) is 15.7. The molecule has 21 heteroatoms. The summed E-state index contributed by atoms with van der Waals surface area (Å²) in [4.78, 5) is 79.5. The third-order valence-electron chi connectivity index (χ3n) is 16.6. The zero-order valence-electron chi connectivity index (χ0n) is 45.3. The number of nitro groups is 1. The smallest absolute Gasteiger partial charge is 0.293 e. The predicted octanol–water partition coefficient (Wildman–Crippen LogP) is 8.95. The van der Waals surface area contributed by atoms with Gasteiger partial charge in [0.2, 0.25) is 11.8 Å². The van der Waals surface area contributed by atoms with Gasteiger partial charge in [-0.1, -0.05) is 55.3 Å². The number of benzene rings is 4. The Balaban J connectivity index is 0.738. The lowest BCUT2D eigenvalue weighted by Gasteiger charge is -2.39. The molecule has 81 heavy (non-hydrogen) atoms. The largest absolute Gasteiger partial charge is 0.455 e. The van der Waals surface area contributed by atoms with Crippen LogP contribution < -0.4 is 25.0 Å². The highest BCUT2D eigenvalue weighted by atomic mass is 35.5. The molecular weight excluding hydrogens is 1070 g/mol. The summed E-state index contributed by atoms with van der Waals surface area (Å²) >= 11 is 6.27. The van der Waals surface area contributed by atoms with E-state index in [9.17, 15) is 37.7 Å². The minimum atomic E-state index is -4.65. The van der Waals surface area contributed by atoms with Crippen molar-refractivity contribution in [3.8, 4) is 11.5 Å². The van der Waals surface area contributed by atoms with E-state index in [0.717, 1.165) is 91.6 Å². The molecule has 4 amide bonds. The van der Waals surface area contributed by atoms with Crippen molar-refractivity contribution in [1.82, 2.24) is 34.7 Å². The van der Waals surface area contributed by atoms with Crippen LogP contribution in [0, 0.1) is 21.4 Å². The van der Waals surface area contributed by atoms with Crippen LogP contribution in [0.1, 0.15) is 96.2 Å². The summed E-state index contributed by atoms with van der Waals surface area (Å²) < 4.78 is 36.6. The topological polar surface area (TPSA) is 233 Å². The number of halogens is 1. The highest BCUT2D eigenvalue weighted by molar-refractivity contribution is 7.90. The molecule has 1 aliphatic carbocycles. The van der Waals surface area contributed by atoms with Crippen molar-refractivity contribution >= 4 is 78.9 Å². The van der Waals surface area contributed by atoms with Gasteiger partial charge in [0.25, 0.3) is 27.5 Å². The number of carbonyl (C=O) groups excluding carboxylic acids is 4. The van der Waals surface area contributed by atoms with E-state index >= 15 is 0 Å². The van der Waals surface area contributed by atoms with Crippen molar-refractivity contribution in [3.05, 3.63) is 152 Å². The minimum Gasteiger partial charge on any atom is -0.455 e. The van der Waals surface area contributed by atoms with Gasteiger partial charge >= 0.3 is 0 Å². The maximum absolute atomic E-state index is 14.2. The Morgan fingerprint density at radius 2 is 1.75 bits per heavy atom. The SMILES string of the molecule is CC1(C)CCC(CN2CCN(c3ccc(C(=O)NS(=O)(=O)c4ccc(NCC5CCCN(CCc6cccc7c6CN(C6CCC(=O)NC6=O)C7=O)C5)c([N+](=O)[O-])c4)c(Oc4cnc5[nH]ccc5c4)c3)CC2)=C(c2ccc(Cl)cc2)C1. The van der Waals surface area contributed by atoms with Gasteiger partial charge in [-0.05, 0) is 140 Å². The third-order valence-corrected chi connectivity index (χ3v) is 18.2. The Hall–Kier alpha value is -7.65. The number of anilines is 2.